The third kappa shape index (κ3) is 8.50. The van der Waals surface area contributed by atoms with Crippen LogP contribution >= 0.6 is 0 Å². The van der Waals surface area contributed by atoms with Gasteiger partial charge >= 0.3 is 11.9 Å². The van der Waals surface area contributed by atoms with Crippen molar-refractivity contribution >= 4 is 11.9 Å². The molecule has 4 nitrogen and oxygen atoms in total. The van der Waals surface area contributed by atoms with E-state index in [2.05, 4.69) is 6.92 Å². The second-order valence-corrected chi connectivity index (χ2v) is 7.19. The van der Waals surface area contributed by atoms with Crippen LogP contribution in [0, 0.1) is 5.92 Å². The van der Waals surface area contributed by atoms with Crippen LogP contribution < -0.4 is 0 Å². The molecule has 0 saturated carbocycles. The van der Waals surface area contributed by atoms with Crippen LogP contribution in [0.3, 0.4) is 0 Å². The summed E-state index contributed by atoms with van der Waals surface area (Å²) in [6.45, 7) is 8.53. The van der Waals surface area contributed by atoms with E-state index < -0.39 is 0 Å². The van der Waals surface area contributed by atoms with Gasteiger partial charge in [0.15, 0.2) is 0 Å². The molecular formula is C22H34O4. The first kappa shape index (κ1) is 22.2. The van der Waals surface area contributed by atoms with Crippen molar-refractivity contribution in [1.29, 1.82) is 0 Å². The van der Waals surface area contributed by atoms with Gasteiger partial charge in [-0.3, -0.25) is 0 Å². The van der Waals surface area contributed by atoms with Crippen molar-refractivity contribution < 1.29 is 19.1 Å². The topological polar surface area (TPSA) is 52.6 Å². The first-order valence-corrected chi connectivity index (χ1v) is 9.93. The normalized spacial score (nSPS) is 12.0. The fourth-order valence-corrected chi connectivity index (χ4v) is 2.42. The monoisotopic (exact) mass is 362 g/mol. The Hall–Kier alpha value is -1.84. The van der Waals surface area contributed by atoms with Crippen LogP contribution in [0.1, 0.15) is 93.4 Å². The SMILES string of the molecule is CCCCCCCCCOC(=O)c1ccc(C(=O)OC(C)C(C)C)cc1. The number of rotatable bonds is 12. The predicted molar refractivity (Wildman–Crippen MR) is 104 cm³/mol. The molecule has 1 unspecified atom stereocenters. The highest BCUT2D eigenvalue weighted by Gasteiger charge is 2.15. The molecule has 1 rings (SSSR count). The molecule has 0 amide bonds. The summed E-state index contributed by atoms with van der Waals surface area (Å²) in [5, 5.41) is 0. The molecule has 0 aliphatic carbocycles. The van der Waals surface area contributed by atoms with E-state index in [4.69, 9.17) is 9.47 Å². The van der Waals surface area contributed by atoms with Gasteiger partial charge in [-0.15, -0.1) is 0 Å². The average molecular weight is 363 g/mol. The van der Waals surface area contributed by atoms with Crippen LogP contribution in [-0.2, 0) is 9.47 Å². The number of carbonyl (C=O) groups is 2. The molecule has 0 saturated heterocycles. The Labute approximate surface area is 158 Å². The standard InChI is InChI=1S/C22H34O4/c1-5-6-7-8-9-10-11-16-25-21(23)19-12-14-20(15-13-19)22(24)26-18(4)17(2)3/h12-15,17-18H,5-11,16H2,1-4H3. The highest BCUT2D eigenvalue weighted by atomic mass is 16.5. The molecule has 0 spiro atoms. The minimum atomic E-state index is -0.366. The molecule has 0 aromatic heterocycles. The number of ether oxygens (including phenoxy) is 2. The van der Waals surface area contributed by atoms with Gasteiger partial charge in [-0.1, -0.05) is 59.3 Å². The van der Waals surface area contributed by atoms with Gasteiger partial charge in [-0.25, -0.2) is 9.59 Å². The van der Waals surface area contributed by atoms with Gasteiger partial charge < -0.3 is 9.47 Å². The molecule has 0 fully saturated rings. The van der Waals surface area contributed by atoms with E-state index in [1.807, 2.05) is 20.8 Å². The Bertz CT molecular complexity index is 534. The van der Waals surface area contributed by atoms with E-state index in [0.29, 0.717) is 17.7 Å². The maximum absolute atomic E-state index is 12.0. The predicted octanol–water partition coefficient (Wildman–Crippen LogP) is 5.80. The van der Waals surface area contributed by atoms with E-state index in [0.717, 1.165) is 12.8 Å². The van der Waals surface area contributed by atoms with Crippen LogP contribution in [0.15, 0.2) is 24.3 Å². The average Bonchev–Trinajstić information content (AvgIpc) is 2.63. The summed E-state index contributed by atoms with van der Waals surface area (Å²) >= 11 is 0. The Morgan fingerprint density at radius 3 is 1.85 bits per heavy atom. The molecule has 0 bridgehead atoms. The maximum Gasteiger partial charge on any atom is 0.338 e. The summed E-state index contributed by atoms with van der Waals surface area (Å²) in [6.07, 6.45) is 8.15. The zero-order valence-electron chi connectivity index (χ0n) is 16.8. The van der Waals surface area contributed by atoms with Crippen molar-refractivity contribution in [2.24, 2.45) is 5.92 Å². The molecule has 0 heterocycles. The smallest absolute Gasteiger partial charge is 0.338 e. The Balaban J connectivity index is 2.32. The Morgan fingerprint density at radius 1 is 0.808 bits per heavy atom. The number of hydrogen-bond acceptors (Lipinski definition) is 4. The van der Waals surface area contributed by atoms with E-state index in [9.17, 15) is 9.59 Å². The van der Waals surface area contributed by atoms with Gasteiger partial charge in [-0.05, 0) is 43.5 Å². The third-order valence-corrected chi connectivity index (χ3v) is 4.57. The number of hydrogen-bond donors (Lipinski definition) is 0. The minimum Gasteiger partial charge on any atom is -0.462 e. The van der Waals surface area contributed by atoms with E-state index in [1.165, 1.54) is 32.1 Å². The number of carbonyl (C=O) groups excluding carboxylic acids is 2. The van der Waals surface area contributed by atoms with E-state index >= 15 is 0 Å². The van der Waals surface area contributed by atoms with Gasteiger partial charge in [-0.2, -0.15) is 0 Å². The third-order valence-electron chi connectivity index (χ3n) is 4.57. The molecule has 1 atom stereocenters. The lowest BCUT2D eigenvalue weighted by atomic mass is 10.1. The number of benzene rings is 1. The lowest BCUT2D eigenvalue weighted by molar-refractivity contribution is 0.0237. The molecular weight excluding hydrogens is 328 g/mol. The highest BCUT2D eigenvalue weighted by Crippen LogP contribution is 2.12. The second kappa shape index (κ2) is 12.5. The van der Waals surface area contributed by atoms with E-state index in [1.54, 1.807) is 24.3 Å². The Kier molecular flexibility index (Phi) is 10.7. The molecule has 4 heteroatoms. The number of unbranched alkanes of at least 4 members (excludes halogenated alkanes) is 6. The first-order valence-electron chi connectivity index (χ1n) is 9.93. The van der Waals surface area contributed by atoms with E-state index in [-0.39, 0.29) is 24.0 Å². The molecule has 1 aromatic carbocycles. The van der Waals surface area contributed by atoms with Crippen molar-refractivity contribution in [3.63, 3.8) is 0 Å². The molecule has 0 N–H and O–H groups in total. The van der Waals surface area contributed by atoms with Crippen LogP contribution in [0.25, 0.3) is 0 Å². The molecule has 1 aromatic rings. The van der Waals surface area contributed by atoms with Crippen LogP contribution in [-0.4, -0.2) is 24.6 Å². The minimum absolute atomic E-state index is 0.144. The van der Waals surface area contributed by atoms with Crippen molar-refractivity contribution in [2.75, 3.05) is 6.61 Å². The lowest BCUT2D eigenvalue weighted by Crippen LogP contribution is -2.20. The summed E-state index contributed by atoms with van der Waals surface area (Å²) in [5.74, 6) is -0.444. The molecule has 0 aliphatic heterocycles. The Morgan fingerprint density at radius 2 is 1.31 bits per heavy atom. The molecule has 146 valence electrons. The summed E-state index contributed by atoms with van der Waals surface area (Å²) in [5.41, 5.74) is 0.905. The summed E-state index contributed by atoms with van der Waals surface area (Å²) < 4.78 is 10.7. The largest absolute Gasteiger partial charge is 0.462 e. The van der Waals surface area contributed by atoms with Gasteiger partial charge in [0.1, 0.15) is 6.10 Å². The van der Waals surface area contributed by atoms with Gasteiger partial charge in [0, 0.05) is 0 Å². The molecule has 0 aliphatic rings. The maximum atomic E-state index is 12.0. The van der Waals surface area contributed by atoms with Crippen molar-refractivity contribution in [1.82, 2.24) is 0 Å². The first-order chi connectivity index (χ1) is 12.5. The van der Waals surface area contributed by atoms with Crippen molar-refractivity contribution in [2.45, 2.75) is 78.7 Å². The van der Waals surface area contributed by atoms with Gasteiger partial charge in [0.2, 0.25) is 0 Å². The lowest BCUT2D eigenvalue weighted by Gasteiger charge is -2.16. The fraction of sp³-hybridized carbons (Fsp3) is 0.636. The van der Waals surface area contributed by atoms with Crippen LogP contribution in [0.5, 0.6) is 0 Å². The van der Waals surface area contributed by atoms with Crippen molar-refractivity contribution in [3.05, 3.63) is 35.4 Å². The fourth-order valence-electron chi connectivity index (χ4n) is 2.42. The molecule has 26 heavy (non-hydrogen) atoms. The zero-order valence-corrected chi connectivity index (χ0v) is 16.8. The zero-order chi connectivity index (χ0) is 19.4. The summed E-state index contributed by atoms with van der Waals surface area (Å²) in [6, 6.07) is 6.45. The molecule has 0 radical (unpaired) electrons. The summed E-state index contributed by atoms with van der Waals surface area (Å²) in [4.78, 5) is 24.1. The highest BCUT2D eigenvalue weighted by molar-refractivity contribution is 5.93. The van der Waals surface area contributed by atoms with Crippen LogP contribution in [0.2, 0.25) is 0 Å². The number of esters is 2. The van der Waals surface area contributed by atoms with Gasteiger partial charge in [0.25, 0.3) is 0 Å². The summed E-state index contributed by atoms with van der Waals surface area (Å²) in [7, 11) is 0. The van der Waals surface area contributed by atoms with Crippen LogP contribution in [0.4, 0.5) is 0 Å². The van der Waals surface area contributed by atoms with Gasteiger partial charge in [0.05, 0.1) is 17.7 Å². The van der Waals surface area contributed by atoms with Crippen molar-refractivity contribution in [3.8, 4) is 0 Å². The second-order valence-electron chi connectivity index (χ2n) is 7.19. The quantitative estimate of drug-likeness (QED) is 0.348.